The summed E-state index contributed by atoms with van der Waals surface area (Å²) in [5.41, 5.74) is 0.238. The van der Waals surface area contributed by atoms with Crippen LogP contribution < -0.4 is 10.7 Å². The van der Waals surface area contributed by atoms with Crippen LogP contribution in [0.3, 0.4) is 0 Å². The van der Waals surface area contributed by atoms with Crippen molar-refractivity contribution in [3.05, 3.63) is 57.8 Å². The van der Waals surface area contributed by atoms with Gasteiger partial charge in [0.05, 0.1) is 0 Å². The Labute approximate surface area is 113 Å². The minimum atomic E-state index is -1.20. The number of carboxylic acids is 1. The van der Waals surface area contributed by atoms with E-state index in [1.54, 1.807) is 6.92 Å². The second-order valence-electron chi connectivity index (χ2n) is 4.08. The monoisotopic (exact) mass is 273 g/mol. The van der Waals surface area contributed by atoms with E-state index in [1.807, 2.05) is 0 Å². The molecule has 0 aliphatic rings. The van der Waals surface area contributed by atoms with Crippen LogP contribution in [0.25, 0.3) is 0 Å². The number of carboxylic acid groups (broad SMARTS) is 1. The zero-order valence-electron chi connectivity index (χ0n) is 10.5. The number of nitrogens with zero attached hydrogens (tertiary/aromatic N) is 1. The minimum Gasteiger partial charge on any atom is -0.477 e. The van der Waals surface area contributed by atoms with Crippen molar-refractivity contribution in [3.63, 3.8) is 0 Å². The van der Waals surface area contributed by atoms with E-state index in [1.165, 1.54) is 30.6 Å². The van der Waals surface area contributed by atoms with Crippen molar-refractivity contribution in [1.82, 2.24) is 9.97 Å². The SMILES string of the molecule is Cc1cc(=O)c(C(=O)Nc2ccnc(C(=O)O)c2)c[nH]1. The van der Waals surface area contributed by atoms with Crippen molar-refractivity contribution >= 4 is 17.6 Å². The van der Waals surface area contributed by atoms with Gasteiger partial charge in [-0.2, -0.15) is 0 Å². The number of rotatable bonds is 3. The average molecular weight is 273 g/mol. The largest absolute Gasteiger partial charge is 0.477 e. The van der Waals surface area contributed by atoms with Crippen LogP contribution in [0.15, 0.2) is 35.4 Å². The maximum atomic E-state index is 11.9. The fourth-order valence-corrected chi connectivity index (χ4v) is 1.57. The number of nitrogens with one attached hydrogen (secondary N) is 2. The number of carbonyl (C=O) groups is 2. The van der Waals surface area contributed by atoms with Gasteiger partial charge < -0.3 is 15.4 Å². The molecule has 0 bridgehead atoms. The lowest BCUT2D eigenvalue weighted by molar-refractivity contribution is 0.0690. The third-order valence-corrected chi connectivity index (χ3v) is 2.54. The van der Waals surface area contributed by atoms with Crippen LogP contribution in [0.2, 0.25) is 0 Å². The Kier molecular flexibility index (Phi) is 3.60. The molecule has 7 heteroatoms. The zero-order valence-corrected chi connectivity index (χ0v) is 10.5. The molecule has 0 saturated heterocycles. The first-order chi connectivity index (χ1) is 9.47. The second kappa shape index (κ2) is 5.35. The molecule has 0 fully saturated rings. The number of pyridine rings is 2. The molecule has 2 aromatic rings. The summed E-state index contributed by atoms with van der Waals surface area (Å²) in [5, 5.41) is 11.3. The maximum absolute atomic E-state index is 11.9. The van der Waals surface area contributed by atoms with Crippen LogP contribution in [0.4, 0.5) is 5.69 Å². The lowest BCUT2D eigenvalue weighted by Gasteiger charge is -2.05. The summed E-state index contributed by atoms with van der Waals surface area (Å²) in [7, 11) is 0. The molecule has 0 radical (unpaired) electrons. The molecule has 3 N–H and O–H groups in total. The molecule has 0 saturated carbocycles. The number of aromatic nitrogens is 2. The van der Waals surface area contributed by atoms with Crippen LogP contribution >= 0.6 is 0 Å². The number of aromatic carboxylic acids is 1. The molecule has 0 aromatic carbocycles. The van der Waals surface area contributed by atoms with Crippen LogP contribution in [0.1, 0.15) is 26.5 Å². The lowest BCUT2D eigenvalue weighted by Crippen LogP contribution is -2.21. The van der Waals surface area contributed by atoms with E-state index in [9.17, 15) is 14.4 Å². The van der Waals surface area contributed by atoms with Gasteiger partial charge in [0.15, 0.2) is 5.43 Å². The van der Waals surface area contributed by atoms with Crippen LogP contribution in [0, 0.1) is 6.92 Å². The predicted molar refractivity (Wildman–Crippen MR) is 70.9 cm³/mol. The Morgan fingerprint density at radius 3 is 2.75 bits per heavy atom. The van der Waals surface area contributed by atoms with Gasteiger partial charge in [0.2, 0.25) is 0 Å². The Morgan fingerprint density at radius 1 is 1.35 bits per heavy atom. The molecule has 102 valence electrons. The molecular weight excluding hydrogens is 262 g/mol. The summed E-state index contributed by atoms with van der Waals surface area (Å²) in [4.78, 5) is 40.8. The van der Waals surface area contributed by atoms with E-state index in [-0.39, 0.29) is 16.9 Å². The van der Waals surface area contributed by atoms with Crippen LogP contribution in [-0.2, 0) is 0 Å². The molecular formula is C13H11N3O4. The van der Waals surface area contributed by atoms with E-state index in [0.717, 1.165) is 0 Å². The fourth-order valence-electron chi connectivity index (χ4n) is 1.57. The van der Waals surface area contributed by atoms with Crippen molar-refractivity contribution < 1.29 is 14.7 Å². The van der Waals surface area contributed by atoms with Gasteiger partial charge in [0.25, 0.3) is 5.91 Å². The van der Waals surface area contributed by atoms with Gasteiger partial charge in [-0.3, -0.25) is 9.59 Å². The summed E-state index contributed by atoms with van der Waals surface area (Å²) in [6, 6.07) is 3.96. The smallest absolute Gasteiger partial charge is 0.354 e. The maximum Gasteiger partial charge on any atom is 0.354 e. The van der Waals surface area contributed by atoms with Crippen molar-refractivity contribution in [2.24, 2.45) is 0 Å². The third kappa shape index (κ3) is 2.89. The van der Waals surface area contributed by atoms with Gasteiger partial charge >= 0.3 is 5.97 Å². The quantitative estimate of drug-likeness (QED) is 0.773. The van der Waals surface area contributed by atoms with Crippen molar-refractivity contribution in [2.75, 3.05) is 5.32 Å². The first-order valence-corrected chi connectivity index (χ1v) is 5.67. The summed E-state index contributed by atoms with van der Waals surface area (Å²) >= 11 is 0. The van der Waals surface area contributed by atoms with Crippen LogP contribution in [0.5, 0.6) is 0 Å². The summed E-state index contributed by atoms with van der Waals surface area (Å²) in [5.74, 6) is -1.82. The van der Waals surface area contributed by atoms with Gasteiger partial charge in [0.1, 0.15) is 11.3 Å². The third-order valence-electron chi connectivity index (χ3n) is 2.54. The van der Waals surface area contributed by atoms with E-state index >= 15 is 0 Å². The van der Waals surface area contributed by atoms with Crippen molar-refractivity contribution in [3.8, 4) is 0 Å². The molecule has 2 heterocycles. The van der Waals surface area contributed by atoms with E-state index in [0.29, 0.717) is 5.69 Å². The molecule has 0 aliphatic carbocycles. The molecule has 0 aliphatic heterocycles. The number of amides is 1. The average Bonchev–Trinajstić information content (AvgIpc) is 2.38. The van der Waals surface area contributed by atoms with Gasteiger partial charge in [-0.05, 0) is 19.1 Å². The Morgan fingerprint density at radius 2 is 2.10 bits per heavy atom. The van der Waals surface area contributed by atoms with Gasteiger partial charge in [-0.25, -0.2) is 9.78 Å². The van der Waals surface area contributed by atoms with Gasteiger partial charge in [0, 0.05) is 29.8 Å². The molecule has 2 aromatic heterocycles. The lowest BCUT2D eigenvalue weighted by atomic mass is 10.2. The number of aryl methyl sites for hydroxylation is 1. The summed E-state index contributed by atoms with van der Waals surface area (Å²) < 4.78 is 0. The molecule has 2 rings (SSSR count). The minimum absolute atomic E-state index is 0.0516. The Balaban J connectivity index is 2.25. The van der Waals surface area contributed by atoms with Crippen molar-refractivity contribution in [1.29, 1.82) is 0 Å². The highest BCUT2D eigenvalue weighted by Gasteiger charge is 2.12. The number of hydrogen-bond donors (Lipinski definition) is 3. The van der Waals surface area contributed by atoms with E-state index in [4.69, 9.17) is 5.11 Å². The molecule has 1 amide bonds. The highest BCUT2D eigenvalue weighted by Crippen LogP contribution is 2.09. The van der Waals surface area contributed by atoms with Crippen LogP contribution in [-0.4, -0.2) is 27.0 Å². The standard InChI is InChI=1S/C13H11N3O4/c1-7-4-11(17)9(6-15-7)12(18)16-8-2-3-14-10(5-8)13(19)20/h2-6H,1H3,(H,15,17)(H,19,20)(H,14,16,18). The summed E-state index contributed by atoms with van der Waals surface area (Å²) in [6.07, 6.45) is 2.57. The number of aromatic amines is 1. The number of H-pyrrole nitrogens is 1. The molecule has 0 unspecified atom stereocenters. The number of anilines is 1. The van der Waals surface area contributed by atoms with Crippen molar-refractivity contribution in [2.45, 2.75) is 6.92 Å². The van der Waals surface area contributed by atoms with E-state index in [2.05, 4.69) is 15.3 Å². The summed E-state index contributed by atoms with van der Waals surface area (Å²) in [6.45, 7) is 1.70. The fraction of sp³-hybridized carbons (Fsp3) is 0.0769. The highest BCUT2D eigenvalue weighted by atomic mass is 16.4. The normalized spacial score (nSPS) is 10.1. The van der Waals surface area contributed by atoms with Gasteiger partial charge in [-0.1, -0.05) is 0 Å². The molecule has 0 spiro atoms. The highest BCUT2D eigenvalue weighted by molar-refractivity contribution is 6.04. The first-order valence-electron chi connectivity index (χ1n) is 5.67. The Bertz CT molecular complexity index is 736. The zero-order chi connectivity index (χ0) is 14.7. The molecule has 20 heavy (non-hydrogen) atoms. The molecule has 0 atom stereocenters. The van der Waals surface area contributed by atoms with E-state index < -0.39 is 17.3 Å². The number of hydrogen-bond acceptors (Lipinski definition) is 4. The predicted octanol–water partition coefficient (Wildman–Crippen LogP) is 1.03. The first kappa shape index (κ1) is 13.5. The number of carbonyl (C=O) groups excluding carboxylic acids is 1. The second-order valence-corrected chi connectivity index (χ2v) is 4.08. The molecule has 7 nitrogen and oxygen atoms in total. The Hall–Kier alpha value is -2.96. The van der Waals surface area contributed by atoms with Gasteiger partial charge in [-0.15, -0.1) is 0 Å². The topological polar surface area (TPSA) is 112 Å².